The molecule has 1 saturated heterocycles. The van der Waals surface area contributed by atoms with Crippen molar-refractivity contribution in [1.82, 2.24) is 0 Å². The topological polar surface area (TPSA) is 73.6 Å². The van der Waals surface area contributed by atoms with Gasteiger partial charge in [-0.3, -0.25) is 4.79 Å². The van der Waals surface area contributed by atoms with Crippen molar-refractivity contribution in [1.29, 1.82) is 0 Å². The van der Waals surface area contributed by atoms with Gasteiger partial charge < -0.3 is 20.5 Å². The van der Waals surface area contributed by atoms with Crippen molar-refractivity contribution in [2.75, 3.05) is 25.1 Å². The maximum Gasteiger partial charge on any atom is 0.262 e. The van der Waals surface area contributed by atoms with Crippen LogP contribution in [0.4, 0.5) is 5.69 Å². The number of fused-ring (bicyclic) bond motifs is 1. The predicted molar refractivity (Wildman–Crippen MR) is 71.0 cm³/mol. The molecule has 0 aliphatic carbocycles. The molecule has 5 nitrogen and oxygen atoms in total. The van der Waals surface area contributed by atoms with Crippen LogP contribution in [0.3, 0.4) is 0 Å². The third-order valence-corrected chi connectivity index (χ3v) is 3.72. The van der Waals surface area contributed by atoms with Gasteiger partial charge in [0.05, 0.1) is 12.3 Å². The number of nitrogens with one attached hydrogen (secondary N) is 1. The highest BCUT2D eigenvalue weighted by Crippen LogP contribution is 2.33. The summed E-state index contributed by atoms with van der Waals surface area (Å²) in [6.07, 6.45) is 2.14. The fraction of sp³-hybridized carbons (Fsp3) is 0.500. The van der Waals surface area contributed by atoms with Gasteiger partial charge in [0.1, 0.15) is 5.75 Å². The van der Waals surface area contributed by atoms with Crippen LogP contribution in [0, 0.1) is 5.92 Å². The van der Waals surface area contributed by atoms with Gasteiger partial charge in [0.2, 0.25) is 0 Å². The first-order chi connectivity index (χ1) is 9.24. The van der Waals surface area contributed by atoms with E-state index in [1.165, 1.54) is 0 Å². The molecule has 2 aliphatic heterocycles. The van der Waals surface area contributed by atoms with Crippen LogP contribution in [-0.2, 0) is 9.53 Å². The largest absolute Gasteiger partial charge is 0.482 e. The third-order valence-electron chi connectivity index (χ3n) is 3.72. The Morgan fingerprint density at radius 3 is 3.11 bits per heavy atom. The average Bonchev–Trinajstić information content (AvgIpc) is 2.46. The molecule has 1 aromatic carbocycles. The molecule has 3 rings (SSSR count). The van der Waals surface area contributed by atoms with Crippen LogP contribution in [0.15, 0.2) is 18.2 Å². The van der Waals surface area contributed by atoms with Crippen LogP contribution in [-0.4, -0.2) is 25.7 Å². The maximum absolute atomic E-state index is 11.3. The van der Waals surface area contributed by atoms with Crippen LogP contribution in [0.5, 0.6) is 5.75 Å². The minimum atomic E-state index is -0.126. The molecular formula is C14H18N2O3. The Morgan fingerprint density at radius 2 is 2.32 bits per heavy atom. The van der Waals surface area contributed by atoms with Crippen molar-refractivity contribution in [3.63, 3.8) is 0 Å². The molecule has 19 heavy (non-hydrogen) atoms. The zero-order valence-corrected chi connectivity index (χ0v) is 10.7. The summed E-state index contributed by atoms with van der Waals surface area (Å²) < 4.78 is 10.8. The highest BCUT2D eigenvalue weighted by molar-refractivity contribution is 5.95. The molecule has 102 valence electrons. The average molecular weight is 262 g/mol. The van der Waals surface area contributed by atoms with Crippen molar-refractivity contribution < 1.29 is 14.3 Å². The Bertz CT molecular complexity index is 484. The SMILES string of the molecule is NC(c1ccc2c(c1)NC(=O)CO2)C1CCCOC1. The van der Waals surface area contributed by atoms with Crippen molar-refractivity contribution in [3.8, 4) is 5.75 Å². The Hall–Kier alpha value is -1.59. The van der Waals surface area contributed by atoms with Gasteiger partial charge in [-0.15, -0.1) is 0 Å². The van der Waals surface area contributed by atoms with E-state index in [1.807, 2.05) is 18.2 Å². The van der Waals surface area contributed by atoms with E-state index in [0.717, 1.165) is 25.0 Å². The van der Waals surface area contributed by atoms with Gasteiger partial charge in [-0.05, 0) is 30.5 Å². The smallest absolute Gasteiger partial charge is 0.262 e. The molecule has 0 aromatic heterocycles. The molecule has 3 N–H and O–H groups in total. The molecule has 2 heterocycles. The Kier molecular flexibility index (Phi) is 3.40. The number of carbonyl (C=O) groups excluding carboxylic acids is 1. The lowest BCUT2D eigenvalue weighted by molar-refractivity contribution is -0.118. The van der Waals surface area contributed by atoms with E-state index in [-0.39, 0.29) is 18.6 Å². The Balaban J connectivity index is 1.80. The second-order valence-corrected chi connectivity index (χ2v) is 5.10. The number of ether oxygens (including phenoxy) is 2. The minimum absolute atomic E-state index is 0.0653. The lowest BCUT2D eigenvalue weighted by Gasteiger charge is -2.28. The van der Waals surface area contributed by atoms with Gasteiger partial charge in [-0.2, -0.15) is 0 Å². The van der Waals surface area contributed by atoms with Crippen molar-refractivity contribution in [2.45, 2.75) is 18.9 Å². The van der Waals surface area contributed by atoms with Crippen molar-refractivity contribution in [3.05, 3.63) is 23.8 Å². The van der Waals surface area contributed by atoms with Gasteiger partial charge >= 0.3 is 0 Å². The highest BCUT2D eigenvalue weighted by Gasteiger charge is 2.24. The summed E-state index contributed by atoms with van der Waals surface area (Å²) in [5.41, 5.74) is 8.03. The molecule has 0 spiro atoms. The standard InChI is InChI=1S/C14H18N2O3/c15-14(10-2-1-5-18-7-10)9-3-4-12-11(6-9)16-13(17)8-19-12/h3-4,6,10,14H,1-2,5,7-8,15H2,(H,16,17). The number of carbonyl (C=O) groups is 1. The molecule has 5 heteroatoms. The van der Waals surface area contributed by atoms with Crippen LogP contribution in [0.25, 0.3) is 0 Å². The fourth-order valence-corrected chi connectivity index (χ4v) is 2.63. The summed E-state index contributed by atoms with van der Waals surface area (Å²) >= 11 is 0. The number of nitrogens with two attached hydrogens (primary N) is 1. The van der Waals surface area contributed by atoms with E-state index >= 15 is 0 Å². The van der Waals surface area contributed by atoms with E-state index in [0.29, 0.717) is 24.0 Å². The van der Waals surface area contributed by atoms with E-state index < -0.39 is 0 Å². The van der Waals surface area contributed by atoms with Crippen molar-refractivity contribution in [2.24, 2.45) is 11.7 Å². The number of rotatable bonds is 2. The first-order valence-electron chi connectivity index (χ1n) is 6.64. The lowest BCUT2D eigenvalue weighted by atomic mass is 9.89. The predicted octanol–water partition coefficient (Wildman–Crippen LogP) is 1.44. The van der Waals surface area contributed by atoms with Gasteiger partial charge in [0.15, 0.2) is 6.61 Å². The van der Waals surface area contributed by atoms with Gasteiger partial charge in [-0.1, -0.05) is 6.07 Å². The third kappa shape index (κ3) is 2.57. The second-order valence-electron chi connectivity index (χ2n) is 5.10. The number of hydrogen-bond acceptors (Lipinski definition) is 4. The summed E-state index contributed by atoms with van der Waals surface area (Å²) in [5.74, 6) is 0.918. The quantitative estimate of drug-likeness (QED) is 0.846. The highest BCUT2D eigenvalue weighted by atomic mass is 16.5. The zero-order valence-electron chi connectivity index (χ0n) is 10.7. The summed E-state index contributed by atoms with van der Waals surface area (Å²) in [7, 11) is 0. The summed E-state index contributed by atoms with van der Waals surface area (Å²) in [4.78, 5) is 11.3. The molecule has 0 radical (unpaired) electrons. The summed E-state index contributed by atoms with van der Waals surface area (Å²) in [6, 6.07) is 5.68. The molecule has 1 amide bonds. The van der Waals surface area contributed by atoms with Crippen LogP contribution in [0.1, 0.15) is 24.4 Å². The lowest BCUT2D eigenvalue weighted by Crippen LogP contribution is -2.30. The summed E-state index contributed by atoms with van der Waals surface area (Å²) in [6.45, 7) is 1.62. The number of amides is 1. The molecule has 2 aliphatic rings. The molecule has 2 unspecified atom stereocenters. The van der Waals surface area contributed by atoms with E-state index in [1.54, 1.807) is 0 Å². The molecule has 0 bridgehead atoms. The first kappa shape index (κ1) is 12.4. The molecular weight excluding hydrogens is 244 g/mol. The minimum Gasteiger partial charge on any atom is -0.482 e. The van der Waals surface area contributed by atoms with Gasteiger partial charge in [0.25, 0.3) is 5.91 Å². The first-order valence-corrected chi connectivity index (χ1v) is 6.64. The van der Waals surface area contributed by atoms with Crippen LogP contribution in [0.2, 0.25) is 0 Å². The second kappa shape index (κ2) is 5.19. The Morgan fingerprint density at radius 1 is 1.42 bits per heavy atom. The molecule has 1 fully saturated rings. The molecule has 2 atom stereocenters. The summed E-state index contributed by atoms with van der Waals surface area (Å²) in [5, 5.41) is 2.81. The monoisotopic (exact) mass is 262 g/mol. The number of anilines is 1. The van der Waals surface area contributed by atoms with E-state index in [4.69, 9.17) is 15.2 Å². The number of benzene rings is 1. The maximum atomic E-state index is 11.3. The Labute approximate surface area is 112 Å². The zero-order chi connectivity index (χ0) is 13.2. The van der Waals surface area contributed by atoms with Crippen LogP contribution >= 0.6 is 0 Å². The van der Waals surface area contributed by atoms with Gasteiger partial charge in [0, 0.05) is 18.6 Å². The molecule has 0 saturated carbocycles. The van der Waals surface area contributed by atoms with E-state index in [2.05, 4.69) is 5.32 Å². The van der Waals surface area contributed by atoms with Gasteiger partial charge in [-0.25, -0.2) is 0 Å². The normalized spacial score (nSPS) is 24.1. The fourth-order valence-electron chi connectivity index (χ4n) is 2.63. The number of hydrogen-bond donors (Lipinski definition) is 2. The molecule has 1 aromatic rings. The van der Waals surface area contributed by atoms with Crippen molar-refractivity contribution >= 4 is 11.6 Å². The van der Waals surface area contributed by atoms with Crippen LogP contribution < -0.4 is 15.8 Å². The van der Waals surface area contributed by atoms with E-state index in [9.17, 15) is 4.79 Å².